The first kappa shape index (κ1) is 15.6. The van der Waals surface area contributed by atoms with Gasteiger partial charge in [-0.3, -0.25) is 4.79 Å². The first-order chi connectivity index (χ1) is 11.8. The van der Waals surface area contributed by atoms with Crippen molar-refractivity contribution in [1.82, 2.24) is 5.32 Å². The number of benzene rings is 1. The first-order valence-corrected chi connectivity index (χ1v) is 9.44. The van der Waals surface area contributed by atoms with E-state index in [1.165, 1.54) is 24.2 Å². The van der Waals surface area contributed by atoms with Crippen molar-refractivity contribution >= 4 is 17.7 Å². The fraction of sp³-hybridized carbons (Fsp3) is 0.421. The topological polar surface area (TPSA) is 47.6 Å². The Morgan fingerprint density at radius 3 is 2.96 bits per heavy atom. The molecule has 1 N–H and O–H groups in total. The summed E-state index contributed by atoms with van der Waals surface area (Å²) in [6.45, 7) is 0.373. The highest BCUT2D eigenvalue weighted by Gasteiger charge is 2.29. The quantitative estimate of drug-likeness (QED) is 0.820. The predicted molar refractivity (Wildman–Crippen MR) is 94.2 cm³/mol. The van der Waals surface area contributed by atoms with E-state index in [0.29, 0.717) is 17.6 Å². The Morgan fingerprint density at radius 2 is 2.17 bits per heavy atom. The van der Waals surface area contributed by atoms with E-state index < -0.39 is 0 Å². The number of carbonyl (C=O) groups is 1. The summed E-state index contributed by atoms with van der Waals surface area (Å²) in [6, 6.07) is 6.04. The van der Waals surface area contributed by atoms with Crippen LogP contribution in [0.3, 0.4) is 0 Å². The molecule has 1 aliphatic heterocycles. The number of hydrogen-bond acceptors (Lipinski definition) is 4. The summed E-state index contributed by atoms with van der Waals surface area (Å²) in [7, 11) is 0. The maximum atomic E-state index is 11.7. The number of nitrogens with one attached hydrogen (secondary N) is 1. The molecule has 0 radical (unpaired) electrons. The van der Waals surface area contributed by atoms with Crippen LogP contribution < -0.4 is 14.8 Å². The van der Waals surface area contributed by atoms with Gasteiger partial charge in [0.15, 0.2) is 17.3 Å². The van der Waals surface area contributed by atoms with Gasteiger partial charge >= 0.3 is 0 Å². The standard InChI is InChI=1S/C19H21NO3S/c21-19(13-6-7-13)20-11-14-12-22-17-9-8-16(10-18(17)23-14)24-15-4-2-1-3-5-15/h2,4,8-10,12-13,15H,1,3,5-7,11H2,(H,20,21). The molecular formula is C19H21NO3S. The molecule has 1 atom stereocenters. The second-order valence-corrected chi connectivity index (χ2v) is 7.73. The van der Waals surface area contributed by atoms with Crippen molar-refractivity contribution in [3.05, 3.63) is 42.4 Å². The Bertz CT molecular complexity index is 694. The summed E-state index contributed by atoms with van der Waals surface area (Å²) in [5.74, 6) is 2.39. The molecule has 0 spiro atoms. The van der Waals surface area contributed by atoms with E-state index in [1.54, 1.807) is 6.26 Å². The lowest BCUT2D eigenvalue weighted by molar-refractivity contribution is -0.122. The van der Waals surface area contributed by atoms with Crippen LogP contribution >= 0.6 is 11.8 Å². The lowest BCUT2D eigenvalue weighted by Crippen LogP contribution is -2.29. The van der Waals surface area contributed by atoms with Gasteiger partial charge in [0.25, 0.3) is 0 Å². The highest BCUT2D eigenvalue weighted by atomic mass is 32.2. The summed E-state index contributed by atoms with van der Waals surface area (Å²) in [5, 5.41) is 3.44. The monoisotopic (exact) mass is 343 g/mol. The minimum Gasteiger partial charge on any atom is -0.457 e. The van der Waals surface area contributed by atoms with Crippen LogP contribution in [0.25, 0.3) is 0 Å². The van der Waals surface area contributed by atoms with Gasteiger partial charge in [-0.1, -0.05) is 12.2 Å². The summed E-state index contributed by atoms with van der Waals surface area (Å²) in [6.07, 6.45) is 11.8. The maximum Gasteiger partial charge on any atom is 0.223 e. The number of carbonyl (C=O) groups excluding carboxylic acids is 1. The molecule has 5 heteroatoms. The molecule has 0 aromatic heterocycles. The Hall–Kier alpha value is -1.88. The van der Waals surface area contributed by atoms with E-state index in [1.807, 2.05) is 23.9 Å². The molecule has 1 fully saturated rings. The minimum absolute atomic E-state index is 0.110. The average Bonchev–Trinajstić information content (AvgIpc) is 3.45. The molecule has 1 heterocycles. The number of amides is 1. The van der Waals surface area contributed by atoms with Crippen molar-refractivity contribution in [3.63, 3.8) is 0 Å². The highest BCUT2D eigenvalue weighted by Crippen LogP contribution is 2.38. The number of rotatable bonds is 5. The molecule has 4 rings (SSSR count). The Balaban J connectivity index is 1.37. The van der Waals surface area contributed by atoms with Crippen LogP contribution in [0.1, 0.15) is 32.1 Å². The van der Waals surface area contributed by atoms with Gasteiger partial charge in [-0.15, -0.1) is 11.8 Å². The van der Waals surface area contributed by atoms with Crippen molar-refractivity contribution < 1.29 is 14.3 Å². The summed E-state index contributed by atoms with van der Waals surface area (Å²) < 4.78 is 11.5. The molecule has 1 aromatic rings. The zero-order valence-corrected chi connectivity index (χ0v) is 14.3. The average molecular weight is 343 g/mol. The van der Waals surface area contributed by atoms with Gasteiger partial charge in [-0.25, -0.2) is 0 Å². The zero-order chi connectivity index (χ0) is 16.4. The largest absolute Gasteiger partial charge is 0.457 e. The number of thioether (sulfide) groups is 1. The molecule has 0 bridgehead atoms. The second-order valence-electron chi connectivity index (χ2n) is 6.42. The molecule has 1 unspecified atom stereocenters. The third kappa shape index (κ3) is 3.78. The molecule has 1 saturated carbocycles. The Labute approximate surface area is 146 Å². The first-order valence-electron chi connectivity index (χ1n) is 8.56. The highest BCUT2D eigenvalue weighted by molar-refractivity contribution is 8.00. The van der Waals surface area contributed by atoms with Gasteiger partial charge in [-0.2, -0.15) is 0 Å². The van der Waals surface area contributed by atoms with Gasteiger partial charge in [0.2, 0.25) is 5.91 Å². The number of fused-ring (bicyclic) bond motifs is 1. The minimum atomic E-state index is 0.110. The van der Waals surface area contributed by atoms with Gasteiger partial charge in [-0.05, 0) is 50.3 Å². The summed E-state index contributed by atoms with van der Waals surface area (Å²) in [4.78, 5) is 12.9. The SMILES string of the molecule is O=C(NCC1=COc2ccc(SC3C=CCCC3)cc2O1)C1CC1. The van der Waals surface area contributed by atoms with E-state index in [9.17, 15) is 4.79 Å². The van der Waals surface area contributed by atoms with E-state index in [-0.39, 0.29) is 11.8 Å². The number of allylic oxidation sites excluding steroid dienone is 1. The van der Waals surface area contributed by atoms with Gasteiger partial charge in [0.05, 0.1) is 6.54 Å². The normalized spacial score (nSPS) is 22.0. The summed E-state index contributed by atoms with van der Waals surface area (Å²) in [5.41, 5.74) is 0. The fourth-order valence-electron chi connectivity index (χ4n) is 2.83. The number of hydrogen-bond donors (Lipinski definition) is 1. The molecule has 24 heavy (non-hydrogen) atoms. The lowest BCUT2D eigenvalue weighted by Gasteiger charge is -2.20. The molecule has 1 aromatic carbocycles. The van der Waals surface area contributed by atoms with Crippen LogP contribution in [0.4, 0.5) is 0 Å². The Morgan fingerprint density at radius 1 is 1.25 bits per heavy atom. The van der Waals surface area contributed by atoms with Crippen molar-refractivity contribution in [3.8, 4) is 11.5 Å². The maximum absolute atomic E-state index is 11.7. The zero-order valence-electron chi connectivity index (χ0n) is 13.5. The van der Waals surface area contributed by atoms with E-state index >= 15 is 0 Å². The van der Waals surface area contributed by atoms with Gasteiger partial charge in [0.1, 0.15) is 6.26 Å². The third-order valence-electron chi connectivity index (χ3n) is 4.36. The van der Waals surface area contributed by atoms with Gasteiger partial charge in [0, 0.05) is 16.1 Å². The molecule has 3 aliphatic rings. The summed E-state index contributed by atoms with van der Waals surface area (Å²) >= 11 is 1.86. The lowest BCUT2D eigenvalue weighted by atomic mass is 10.1. The molecule has 126 valence electrons. The van der Waals surface area contributed by atoms with Crippen molar-refractivity contribution in [2.75, 3.05) is 6.54 Å². The van der Waals surface area contributed by atoms with Crippen LogP contribution in [0.5, 0.6) is 11.5 Å². The Kier molecular flexibility index (Phi) is 4.52. The molecule has 1 amide bonds. The van der Waals surface area contributed by atoms with Crippen LogP contribution in [0, 0.1) is 5.92 Å². The van der Waals surface area contributed by atoms with Crippen LogP contribution in [0.15, 0.2) is 47.3 Å². The second kappa shape index (κ2) is 6.93. The predicted octanol–water partition coefficient (Wildman–Crippen LogP) is 4.03. The number of ether oxygens (including phenoxy) is 2. The van der Waals surface area contributed by atoms with Crippen molar-refractivity contribution in [1.29, 1.82) is 0 Å². The molecule has 4 nitrogen and oxygen atoms in total. The van der Waals surface area contributed by atoms with Crippen molar-refractivity contribution in [2.24, 2.45) is 5.92 Å². The van der Waals surface area contributed by atoms with Crippen LogP contribution in [-0.4, -0.2) is 17.7 Å². The van der Waals surface area contributed by atoms with Crippen LogP contribution in [0.2, 0.25) is 0 Å². The van der Waals surface area contributed by atoms with Crippen molar-refractivity contribution in [2.45, 2.75) is 42.2 Å². The van der Waals surface area contributed by atoms with E-state index in [0.717, 1.165) is 24.3 Å². The van der Waals surface area contributed by atoms with Crippen LogP contribution in [-0.2, 0) is 4.79 Å². The molecular weight excluding hydrogens is 322 g/mol. The molecule has 2 aliphatic carbocycles. The van der Waals surface area contributed by atoms with E-state index in [4.69, 9.17) is 9.47 Å². The smallest absolute Gasteiger partial charge is 0.223 e. The van der Waals surface area contributed by atoms with Gasteiger partial charge < -0.3 is 14.8 Å². The third-order valence-corrected chi connectivity index (χ3v) is 5.58. The molecule has 0 saturated heterocycles. The van der Waals surface area contributed by atoms with E-state index in [2.05, 4.69) is 23.5 Å². The fourth-order valence-corrected chi connectivity index (χ4v) is 3.97.